The first kappa shape index (κ1) is 7.89. The third-order valence-electron chi connectivity index (χ3n) is 1.53. The maximum Gasteiger partial charge on any atom is 0.336 e. The molecule has 1 aliphatic heterocycles. The summed E-state index contributed by atoms with van der Waals surface area (Å²) in [6.45, 7) is 3.30. The van der Waals surface area contributed by atoms with E-state index in [0.29, 0.717) is 11.1 Å². The summed E-state index contributed by atoms with van der Waals surface area (Å²) in [5.41, 5.74) is 1.06. The molecule has 0 aromatic heterocycles. The van der Waals surface area contributed by atoms with Gasteiger partial charge in [-0.05, 0) is 13.8 Å². The molecule has 0 N–H and O–H groups in total. The number of carbonyl (C=O) groups is 1. The zero-order chi connectivity index (χ0) is 7.94. The van der Waals surface area contributed by atoms with Crippen molar-refractivity contribution >= 4 is 29.2 Å². The van der Waals surface area contributed by atoms with Gasteiger partial charge in [0, 0.05) is 11.1 Å². The van der Waals surface area contributed by atoms with Gasteiger partial charge in [-0.3, -0.25) is 0 Å². The minimum absolute atomic E-state index is 0.442. The smallest absolute Gasteiger partial charge is 0.336 e. The lowest BCUT2D eigenvalue weighted by molar-refractivity contribution is -0.138. The molecular weight excluding hydrogens is 175 g/mol. The van der Waals surface area contributed by atoms with Gasteiger partial charge in [-0.15, -0.1) is 0 Å². The van der Waals surface area contributed by atoms with Crippen LogP contribution in [0.15, 0.2) is 11.1 Å². The summed E-state index contributed by atoms with van der Waals surface area (Å²) < 4.78 is 3.16. The van der Waals surface area contributed by atoms with Crippen LogP contribution >= 0.6 is 23.2 Å². The molecule has 56 valence electrons. The van der Waals surface area contributed by atoms with Crippen LogP contribution in [0.4, 0.5) is 0 Å². The Balaban J connectivity index is 3.06. The maximum atomic E-state index is 10.8. The monoisotopic (exact) mass is 180 g/mol. The number of esters is 1. The Hall–Kier alpha value is -0.210. The molecule has 10 heavy (non-hydrogen) atoms. The molecule has 0 aromatic rings. The highest BCUT2D eigenvalue weighted by atomic mass is 35.5. The number of hydrogen-bond acceptors (Lipinski definition) is 2. The number of hydrogen-bond donors (Lipinski definition) is 0. The molecule has 1 rings (SSSR count). The van der Waals surface area contributed by atoms with Crippen molar-refractivity contribution in [3.05, 3.63) is 11.1 Å². The first-order valence-electron chi connectivity index (χ1n) is 2.74. The van der Waals surface area contributed by atoms with Crippen LogP contribution in [-0.2, 0) is 9.53 Å². The van der Waals surface area contributed by atoms with Gasteiger partial charge in [0.1, 0.15) is 0 Å². The van der Waals surface area contributed by atoms with Crippen molar-refractivity contribution in [3.8, 4) is 0 Å². The van der Waals surface area contributed by atoms with Gasteiger partial charge in [0.15, 0.2) is 0 Å². The highest BCUT2D eigenvalue weighted by molar-refractivity contribution is 6.50. The van der Waals surface area contributed by atoms with Crippen molar-refractivity contribution in [2.24, 2.45) is 0 Å². The number of rotatable bonds is 0. The van der Waals surface area contributed by atoms with Crippen LogP contribution in [0.25, 0.3) is 0 Å². The highest BCUT2D eigenvalue weighted by Gasteiger charge is 2.40. The Labute approximate surface area is 68.8 Å². The largest absolute Gasteiger partial charge is 0.421 e. The average molecular weight is 181 g/mol. The van der Waals surface area contributed by atoms with Crippen molar-refractivity contribution in [3.63, 3.8) is 0 Å². The SMILES string of the molecule is CC1=C(C)C(Cl)(Cl)OC1=O. The fraction of sp³-hybridized carbons (Fsp3) is 0.500. The molecule has 0 saturated carbocycles. The Bertz CT molecular complexity index is 218. The van der Waals surface area contributed by atoms with Crippen molar-refractivity contribution in [1.29, 1.82) is 0 Å². The fourth-order valence-electron chi connectivity index (χ4n) is 0.641. The fourth-order valence-corrected chi connectivity index (χ4v) is 1.06. The summed E-state index contributed by atoms with van der Waals surface area (Å²) >= 11 is 11.1. The Morgan fingerprint density at radius 2 is 1.90 bits per heavy atom. The van der Waals surface area contributed by atoms with Crippen molar-refractivity contribution in [2.75, 3.05) is 0 Å². The topological polar surface area (TPSA) is 26.3 Å². The quantitative estimate of drug-likeness (QED) is 0.422. The molecule has 0 aromatic carbocycles. The zero-order valence-corrected chi connectivity index (χ0v) is 7.08. The lowest BCUT2D eigenvalue weighted by Gasteiger charge is -2.11. The van der Waals surface area contributed by atoms with E-state index in [2.05, 4.69) is 4.74 Å². The minimum Gasteiger partial charge on any atom is -0.421 e. The van der Waals surface area contributed by atoms with E-state index in [-0.39, 0.29) is 0 Å². The lowest BCUT2D eigenvalue weighted by Crippen LogP contribution is -2.14. The van der Waals surface area contributed by atoms with E-state index in [0.717, 1.165) is 0 Å². The normalized spacial score (nSPS) is 23.4. The number of halogens is 2. The van der Waals surface area contributed by atoms with E-state index in [4.69, 9.17) is 23.2 Å². The van der Waals surface area contributed by atoms with E-state index in [1.54, 1.807) is 13.8 Å². The summed E-state index contributed by atoms with van der Waals surface area (Å²) in [4.78, 5) is 10.8. The molecule has 0 atom stereocenters. The number of ether oxygens (including phenoxy) is 1. The molecule has 0 radical (unpaired) electrons. The second-order valence-electron chi connectivity index (χ2n) is 2.16. The average Bonchev–Trinajstić information content (AvgIpc) is 1.95. The maximum absolute atomic E-state index is 10.8. The number of carbonyl (C=O) groups excluding carboxylic acids is 1. The lowest BCUT2D eigenvalue weighted by atomic mass is 10.2. The third-order valence-corrected chi connectivity index (χ3v) is 2.25. The second kappa shape index (κ2) is 2.14. The first-order valence-corrected chi connectivity index (χ1v) is 3.50. The number of cyclic esters (lactones) is 1. The van der Waals surface area contributed by atoms with Crippen LogP contribution in [0, 0.1) is 0 Å². The van der Waals surface area contributed by atoms with Gasteiger partial charge in [-0.25, -0.2) is 4.79 Å². The Kier molecular flexibility index (Phi) is 1.69. The molecule has 0 unspecified atom stereocenters. The summed E-state index contributed by atoms with van der Waals surface area (Å²) in [5, 5.41) is 0. The van der Waals surface area contributed by atoms with Crippen molar-refractivity contribution in [1.82, 2.24) is 0 Å². The molecule has 1 aliphatic rings. The van der Waals surface area contributed by atoms with Crippen LogP contribution in [0.3, 0.4) is 0 Å². The summed E-state index contributed by atoms with van der Waals surface area (Å²) in [6, 6.07) is 0. The predicted octanol–water partition coefficient (Wildman–Crippen LogP) is 2.01. The van der Waals surface area contributed by atoms with Crippen LogP contribution < -0.4 is 0 Å². The van der Waals surface area contributed by atoms with Crippen molar-refractivity contribution in [2.45, 2.75) is 18.4 Å². The second-order valence-corrected chi connectivity index (χ2v) is 3.41. The van der Waals surface area contributed by atoms with E-state index in [1.165, 1.54) is 0 Å². The van der Waals surface area contributed by atoms with Crippen LogP contribution in [-0.4, -0.2) is 10.5 Å². The van der Waals surface area contributed by atoms with Crippen LogP contribution in [0.5, 0.6) is 0 Å². The Morgan fingerprint density at radius 3 is 2.00 bits per heavy atom. The van der Waals surface area contributed by atoms with Crippen LogP contribution in [0.2, 0.25) is 0 Å². The predicted molar refractivity (Wildman–Crippen MR) is 38.9 cm³/mol. The van der Waals surface area contributed by atoms with E-state index in [9.17, 15) is 4.79 Å². The molecule has 0 amide bonds. The van der Waals surface area contributed by atoms with Gasteiger partial charge in [0.25, 0.3) is 4.52 Å². The summed E-state index contributed by atoms with van der Waals surface area (Å²) in [5.74, 6) is -0.442. The third kappa shape index (κ3) is 1.02. The number of alkyl halides is 2. The van der Waals surface area contributed by atoms with Gasteiger partial charge in [0.05, 0.1) is 0 Å². The molecule has 0 fully saturated rings. The minimum atomic E-state index is -1.43. The zero-order valence-electron chi connectivity index (χ0n) is 5.57. The van der Waals surface area contributed by atoms with Crippen LogP contribution in [0.1, 0.15) is 13.8 Å². The molecule has 2 nitrogen and oxygen atoms in total. The van der Waals surface area contributed by atoms with Gasteiger partial charge in [0.2, 0.25) is 0 Å². The Morgan fingerprint density at radius 1 is 1.40 bits per heavy atom. The first-order chi connectivity index (χ1) is 4.45. The molecule has 0 bridgehead atoms. The molecule has 0 saturated heterocycles. The standard InChI is InChI=1S/C6H6Cl2O2/c1-3-4(2)6(7,8)10-5(3)9/h1-2H3. The van der Waals surface area contributed by atoms with Crippen molar-refractivity contribution < 1.29 is 9.53 Å². The molecule has 0 spiro atoms. The molecule has 0 aliphatic carbocycles. The van der Waals surface area contributed by atoms with E-state index in [1.807, 2.05) is 0 Å². The van der Waals surface area contributed by atoms with E-state index >= 15 is 0 Å². The summed E-state index contributed by atoms with van der Waals surface area (Å²) in [7, 11) is 0. The summed E-state index contributed by atoms with van der Waals surface area (Å²) in [6.07, 6.45) is 0. The van der Waals surface area contributed by atoms with Gasteiger partial charge in [-0.2, -0.15) is 0 Å². The molecular formula is C6H6Cl2O2. The van der Waals surface area contributed by atoms with E-state index < -0.39 is 10.5 Å². The van der Waals surface area contributed by atoms with Gasteiger partial charge in [-0.1, -0.05) is 23.2 Å². The molecule has 4 heteroatoms. The van der Waals surface area contributed by atoms with Gasteiger partial charge >= 0.3 is 5.97 Å². The highest BCUT2D eigenvalue weighted by Crippen LogP contribution is 2.39. The van der Waals surface area contributed by atoms with Gasteiger partial charge < -0.3 is 4.74 Å². The molecule has 1 heterocycles.